The second-order valence-electron chi connectivity index (χ2n) is 5.47. The van der Waals surface area contributed by atoms with Crippen LogP contribution in [0.15, 0.2) is 79.0 Å². The molecule has 0 radical (unpaired) electrons. The lowest BCUT2D eigenvalue weighted by Crippen LogP contribution is -1.89. The maximum absolute atomic E-state index is 4.85. The summed E-state index contributed by atoms with van der Waals surface area (Å²) in [6.45, 7) is 2.12. The Morgan fingerprint density at radius 3 is 2.36 bits per heavy atom. The van der Waals surface area contributed by atoms with Crippen molar-refractivity contribution in [2.24, 2.45) is 0 Å². The molecule has 0 N–H and O–H groups in total. The van der Waals surface area contributed by atoms with Crippen LogP contribution in [0.1, 0.15) is 5.56 Å². The van der Waals surface area contributed by atoms with Crippen molar-refractivity contribution in [1.82, 2.24) is 9.38 Å². The highest BCUT2D eigenvalue weighted by atomic mass is 15.0. The van der Waals surface area contributed by atoms with Crippen LogP contribution >= 0.6 is 0 Å². The van der Waals surface area contributed by atoms with Crippen molar-refractivity contribution >= 4 is 5.65 Å². The van der Waals surface area contributed by atoms with Crippen LogP contribution in [0.5, 0.6) is 0 Å². The van der Waals surface area contributed by atoms with Gasteiger partial charge >= 0.3 is 0 Å². The molecule has 0 saturated carbocycles. The van der Waals surface area contributed by atoms with Gasteiger partial charge in [-0.05, 0) is 25.1 Å². The molecule has 2 nitrogen and oxygen atoms in total. The van der Waals surface area contributed by atoms with Crippen LogP contribution < -0.4 is 0 Å². The Balaban J connectivity index is 2.07. The topological polar surface area (TPSA) is 17.3 Å². The molecular formula is C20H16N2. The summed E-state index contributed by atoms with van der Waals surface area (Å²) >= 11 is 0. The first-order valence-electron chi connectivity index (χ1n) is 7.42. The van der Waals surface area contributed by atoms with Gasteiger partial charge in [-0.25, -0.2) is 4.98 Å². The molecule has 2 heterocycles. The first kappa shape index (κ1) is 12.8. The quantitative estimate of drug-likeness (QED) is 0.507. The van der Waals surface area contributed by atoms with Crippen LogP contribution in [0.2, 0.25) is 0 Å². The van der Waals surface area contributed by atoms with E-state index in [1.165, 1.54) is 11.1 Å². The third-order valence-corrected chi connectivity index (χ3v) is 3.87. The Bertz CT molecular complexity index is 936. The smallest absolute Gasteiger partial charge is 0.137 e. The largest absolute Gasteiger partial charge is 0.299 e. The van der Waals surface area contributed by atoms with Crippen LogP contribution in [-0.2, 0) is 0 Å². The summed E-state index contributed by atoms with van der Waals surface area (Å²) in [5.41, 5.74) is 6.73. The van der Waals surface area contributed by atoms with E-state index in [4.69, 9.17) is 4.98 Å². The summed E-state index contributed by atoms with van der Waals surface area (Å²) in [6.07, 6.45) is 2.08. The molecule has 2 heteroatoms. The second kappa shape index (κ2) is 5.15. The molecule has 0 atom stereocenters. The molecule has 0 fully saturated rings. The highest BCUT2D eigenvalue weighted by Gasteiger charge is 2.15. The molecule has 4 aromatic rings. The van der Waals surface area contributed by atoms with Crippen molar-refractivity contribution in [1.29, 1.82) is 0 Å². The van der Waals surface area contributed by atoms with Gasteiger partial charge in [0.2, 0.25) is 0 Å². The number of nitrogens with zero attached hydrogens (tertiary/aromatic N) is 2. The zero-order valence-corrected chi connectivity index (χ0v) is 12.4. The van der Waals surface area contributed by atoms with Crippen molar-refractivity contribution in [2.75, 3.05) is 0 Å². The van der Waals surface area contributed by atoms with E-state index in [1.807, 2.05) is 24.3 Å². The average Bonchev–Trinajstić information content (AvgIpc) is 2.95. The standard InChI is InChI=1S/C20H16N2/c1-15-8-7-11-17(14-15)20-19(16-9-3-2-4-10-16)21-18-12-5-6-13-22(18)20/h2-14H,1H3. The zero-order chi connectivity index (χ0) is 14.9. The van der Waals surface area contributed by atoms with E-state index in [2.05, 4.69) is 66.1 Å². The maximum atomic E-state index is 4.85. The fourth-order valence-corrected chi connectivity index (χ4v) is 2.86. The molecule has 2 aromatic heterocycles. The fourth-order valence-electron chi connectivity index (χ4n) is 2.86. The van der Waals surface area contributed by atoms with Crippen molar-refractivity contribution in [3.63, 3.8) is 0 Å². The third-order valence-electron chi connectivity index (χ3n) is 3.87. The molecule has 0 unspecified atom stereocenters. The van der Waals surface area contributed by atoms with E-state index in [0.29, 0.717) is 0 Å². The number of imidazole rings is 1. The lowest BCUT2D eigenvalue weighted by molar-refractivity contribution is 1.19. The Hall–Kier alpha value is -2.87. The van der Waals surface area contributed by atoms with Crippen LogP contribution in [0.3, 0.4) is 0 Å². The number of rotatable bonds is 2. The molecule has 0 aliphatic heterocycles. The van der Waals surface area contributed by atoms with E-state index >= 15 is 0 Å². The normalized spacial score (nSPS) is 11.0. The molecule has 0 spiro atoms. The van der Waals surface area contributed by atoms with E-state index in [9.17, 15) is 0 Å². The van der Waals surface area contributed by atoms with Crippen molar-refractivity contribution in [2.45, 2.75) is 6.92 Å². The van der Waals surface area contributed by atoms with Crippen molar-refractivity contribution in [3.05, 3.63) is 84.6 Å². The Kier molecular flexibility index (Phi) is 3.01. The number of aromatic nitrogens is 2. The van der Waals surface area contributed by atoms with Crippen LogP contribution in [0.4, 0.5) is 0 Å². The molecule has 0 aliphatic carbocycles. The molecule has 4 rings (SSSR count). The zero-order valence-electron chi connectivity index (χ0n) is 12.4. The van der Waals surface area contributed by atoms with Gasteiger partial charge in [0.05, 0.1) is 11.4 Å². The predicted molar refractivity (Wildman–Crippen MR) is 90.8 cm³/mol. The summed E-state index contributed by atoms with van der Waals surface area (Å²) in [4.78, 5) is 4.85. The number of hydrogen-bond acceptors (Lipinski definition) is 1. The number of fused-ring (bicyclic) bond motifs is 1. The van der Waals surface area contributed by atoms with Crippen LogP contribution in [-0.4, -0.2) is 9.38 Å². The minimum atomic E-state index is 0.970. The van der Waals surface area contributed by atoms with E-state index in [-0.39, 0.29) is 0 Å². The lowest BCUT2D eigenvalue weighted by atomic mass is 10.0. The van der Waals surface area contributed by atoms with Crippen LogP contribution in [0.25, 0.3) is 28.2 Å². The first-order valence-corrected chi connectivity index (χ1v) is 7.42. The minimum Gasteiger partial charge on any atom is -0.299 e. The Labute approximate surface area is 129 Å². The molecule has 0 bridgehead atoms. The van der Waals surface area contributed by atoms with Gasteiger partial charge in [0.1, 0.15) is 5.65 Å². The Morgan fingerprint density at radius 2 is 1.55 bits per heavy atom. The summed E-state index contributed by atoms with van der Waals surface area (Å²) in [6, 6.07) is 25.1. The second-order valence-corrected chi connectivity index (χ2v) is 5.47. The van der Waals surface area contributed by atoms with Gasteiger partial charge in [0.25, 0.3) is 0 Å². The predicted octanol–water partition coefficient (Wildman–Crippen LogP) is 4.98. The highest BCUT2D eigenvalue weighted by Crippen LogP contribution is 2.32. The average molecular weight is 284 g/mol. The Morgan fingerprint density at radius 1 is 0.773 bits per heavy atom. The van der Waals surface area contributed by atoms with Gasteiger partial charge in [0.15, 0.2) is 0 Å². The molecular weight excluding hydrogens is 268 g/mol. The molecule has 2 aromatic carbocycles. The summed E-state index contributed by atoms with van der Waals surface area (Å²) < 4.78 is 2.16. The van der Waals surface area contributed by atoms with Gasteiger partial charge in [0, 0.05) is 17.3 Å². The summed E-state index contributed by atoms with van der Waals surface area (Å²) in [7, 11) is 0. The first-order chi connectivity index (χ1) is 10.8. The van der Waals surface area contributed by atoms with E-state index in [1.54, 1.807) is 0 Å². The van der Waals surface area contributed by atoms with Gasteiger partial charge < -0.3 is 0 Å². The SMILES string of the molecule is Cc1cccc(-c2c(-c3ccccc3)nc3ccccn23)c1. The summed E-state index contributed by atoms with van der Waals surface area (Å²) in [5, 5.41) is 0. The van der Waals surface area contributed by atoms with Crippen molar-refractivity contribution in [3.8, 4) is 22.5 Å². The van der Waals surface area contributed by atoms with Gasteiger partial charge in [-0.1, -0.05) is 60.2 Å². The van der Waals surface area contributed by atoms with Crippen LogP contribution in [0, 0.1) is 6.92 Å². The number of pyridine rings is 1. The number of benzene rings is 2. The number of aryl methyl sites for hydroxylation is 1. The lowest BCUT2D eigenvalue weighted by Gasteiger charge is -2.06. The maximum Gasteiger partial charge on any atom is 0.137 e. The van der Waals surface area contributed by atoms with Gasteiger partial charge in [-0.15, -0.1) is 0 Å². The molecule has 0 amide bonds. The van der Waals surface area contributed by atoms with E-state index in [0.717, 1.165) is 22.6 Å². The molecule has 0 saturated heterocycles. The minimum absolute atomic E-state index is 0.970. The third kappa shape index (κ3) is 2.09. The molecule has 22 heavy (non-hydrogen) atoms. The van der Waals surface area contributed by atoms with Gasteiger partial charge in [-0.2, -0.15) is 0 Å². The monoisotopic (exact) mass is 284 g/mol. The fraction of sp³-hybridized carbons (Fsp3) is 0.0500. The molecule has 106 valence electrons. The van der Waals surface area contributed by atoms with E-state index < -0.39 is 0 Å². The van der Waals surface area contributed by atoms with Crippen molar-refractivity contribution < 1.29 is 0 Å². The summed E-state index contributed by atoms with van der Waals surface area (Å²) in [5.74, 6) is 0. The van der Waals surface area contributed by atoms with Gasteiger partial charge in [-0.3, -0.25) is 4.40 Å². The molecule has 0 aliphatic rings. The highest BCUT2D eigenvalue weighted by molar-refractivity contribution is 5.82. The number of hydrogen-bond donors (Lipinski definition) is 0.